The molecule has 15 nitrogen and oxygen atoms in total. The molecule has 3 aromatic carbocycles. The Balaban J connectivity index is 1.61. The Morgan fingerprint density at radius 2 is 1.32 bits per heavy atom. The molecule has 1 heterocycles. The van der Waals surface area contributed by atoms with E-state index >= 15 is 0 Å². The Morgan fingerprint density at radius 3 is 1.89 bits per heavy atom. The van der Waals surface area contributed by atoms with Crippen molar-refractivity contribution in [3.63, 3.8) is 0 Å². The van der Waals surface area contributed by atoms with E-state index in [4.69, 9.17) is 9.47 Å². The smallest absolute Gasteiger partial charge is 0.408 e. The summed E-state index contributed by atoms with van der Waals surface area (Å²) in [6.45, 7) is 8.70. The second kappa shape index (κ2) is 21.3. The second-order valence-corrected chi connectivity index (χ2v) is 14.4. The van der Waals surface area contributed by atoms with Crippen LogP contribution in [0.15, 0.2) is 95.8 Å². The fraction of sp³-hybridized carbons (Fsp3) is 0.381. The van der Waals surface area contributed by atoms with Gasteiger partial charge < -0.3 is 30.5 Å². The summed E-state index contributed by atoms with van der Waals surface area (Å²) in [4.78, 5) is 73.4. The van der Waals surface area contributed by atoms with E-state index < -0.39 is 65.6 Å². The number of anilines is 1. The van der Waals surface area contributed by atoms with Gasteiger partial charge in [-0.25, -0.2) is 9.78 Å². The minimum Gasteiger partial charge on any atom is -0.497 e. The molecule has 5 atom stereocenters. The lowest BCUT2D eigenvalue weighted by atomic mass is 9.93. The number of benzene rings is 3. The van der Waals surface area contributed by atoms with Crippen LogP contribution in [0.4, 0.5) is 10.7 Å². The van der Waals surface area contributed by atoms with E-state index in [0.717, 1.165) is 16.7 Å². The van der Waals surface area contributed by atoms with Crippen LogP contribution < -0.4 is 36.9 Å². The molecule has 4 aromatic rings. The van der Waals surface area contributed by atoms with Gasteiger partial charge >= 0.3 is 6.09 Å². The zero-order chi connectivity index (χ0) is 41.5. The van der Waals surface area contributed by atoms with Gasteiger partial charge in [0.1, 0.15) is 30.5 Å². The summed E-state index contributed by atoms with van der Waals surface area (Å²) >= 11 is 0. The third-order valence-corrected chi connectivity index (χ3v) is 9.14. The molecule has 0 radical (unpaired) electrons. The average molecular weight is 784 g/mol. The van der Waals surface area contributed by atoms with Crippen LogP contribution in [-0.4, -0.2) is 76.3 Å². The third kappa shape index (κ3) is 13.6. The van der Waals surface area contributed by atoms with Gasteiger partial charge in [0, 0.05) is 18.3 Å². The van der Waals surface area contributed by atoms with Crippen LogP contribution in [0.5, 0.6) is 5.75 Å². The Labute approximate surface area is 332 Å². The molecule has 0 aliphatic heterocycles. The normalized spacial score (nSPS) is 13.8. The predicted octanol–water partition coefficient (Wildman–Crippen LogP) is 3.36. The maximum atomic E-state index is 14.3. The van der Waals surface area contributed by atoms with Crippen molar-refractivity contribution in [1.82, 2.24) is 31.2 Å². The maximum absolute atomic E-state index is 14.3. The summed E-state index contributed by atoms with van der Waals surface area (Å²) in [5.74, 6) is -2.26. The summed E-state index contributed by atoms with van der Waals surface area (Å²) in [5, 5.41) is 26.2. The lowest BCUT2D eigenvalue weighted by Gasteiger charge is -2.33. The fourth-order valence-electron chi connectivity index (χ4n) is 6.01. The predicted molar refractivity (Wildman–Crippen MR) is 215 cm³/mol. The molecule has 0 bridgehead atoms. The SMILES string of the molecule is COc1ccc(CN[C@@H](C(=O)N[C@H](C(=O)Nc2nc(C)cc(=O)[nH]2)C(C)C)[C@@H](O)[C@H](Cc2ccccc2)NC(=O)[C@@H](NC(=O)OCc2ccccc2)C(C)C)cc1. The number of aromatic nitrogens is 2. The molecule has 4 amide bonds. The number of amides is 4. The van der Waals surface area contributed by atoms with Gasteiger partial charge in [-0.15, -0.1) is 0 Å². The number of ether oxygens (including phenoxy) is 2. The van der Waals surface area contributed by atoms with Crippen molar-refractivity contribution in [3.8, 4) is 5.75 Å². The van der Waals surface area contributed by atoms with Gasteiger partial charge in [0.05, 0.1) is 19.3 Å². The van der Waals surface area contributed by atoms with Crippen LogP contribution in [0.25, 0.3) is 0 Å². The first-order valence-electron chi connectivity index (χ1n) is 18.8. The standard InChI is InChI=1S/C42H53N7O8/c1-25(2)34(39(53)49-41-44-27(5)21-33(50)46-41)47-40(54)36(43-23-29-17-19-31(56-6)20-18-29)37(51)32(22-28-13-9-7-10-14-28)45-38(52)35(26(3)4)48-42(55)57-24-30-15-11-8-12-16-30/h7-21,25-26,32,34-37,43,51H,22-24H2,1-6H3,(H,45,52)(H,47,54)(H,48,55)(H2,44,46,49,50,53)/t32-,34-,35-,36+,37-/m0/s1. The Kier molecular flexibility index (Phi) is 16.3. The summed E-state index contributed by atoms with van der Waals surface area (Å²) in [6.07, 6.45) is -2.27. The van der Waals surface area contributed by atoms with Crippen LogP contribution in [-0.2, 0) is 38.7 Å². The quantitative estimate of drug-likeness (QED) is 0.0737. The van der Waals surface area contributed by atoms with Crippen LogP contribution in [0.3, 0.4) is 0 Å². The molecule has 304 valence electrons. The van der Waals surface area contributed by atoms with E-state index in [1.54, 1.807) is 66.0 Å². The molecule has 0 spiro atoms. The van der Waals surface area contributed by atoms with Crippen molar-refractivity contribution in [1.29, 1.82) is 0 Å². The number of alkyl carbamates (subject to hydrolysis) is 1. The number of aromatic amines is 1. The maximum Gasteiger partial charge on any atom is 0.408 e. The molecule has 1 aromatic heterocycles. The monoisotopic (exact) mass is 783 g/mol. The number of hydrogen-bond donors (Lipinski definition) is 7. The molecular weight excluding hydrogens is 731 g/mol. The molecule has 0 unspecified atom stereocenters. The number of aryl methyl sites for hydroxylation is 1. The van der Waals surface area contributed by atoms with Crippen molar-refractivity contribution in [2.75, 3.05) is 12.4 Å². The summed E-state index contributed by atoms with van der Waals surface area (Å²) in [7, 11) is 1.55. The molecule has 4 rings (SSSR count). The van der Waals surface area contributed by atoms with Crippen LogP contribution in [0.1, 0.15) is 50.1 Å². The van der Waals surface area contributed by atoms with E-state index in [2.05, 4.69) is 36.6 Å². The number of nitrogens with zero attached hydrogens (tertiary/aromatic N) is 1. The Morgan fingerprint density at radius 1 is 0.737 bits per heavy atom. The topological polar surface area (TPSA) is 213 Å². The van der Waals surface area contributed by atoms with Gasteiger partial charge in [-0.2, -0.15) is 0 Å². The molecule has 0 saturated carbocycles. The minimum atomic E-state index is -1.57. The summed E-state index contributed by atoms with van der Waals surface area (Å²) in [5.41, 5.74) is 2.21. The highest BCUT2D eigenvalue weighted by molar-refractivity contribution is 5.97. The summed E-state index contributed by atoms with van der Waals surface area (Å²) < 4.78 is 10.7. The number of aliphatic hydroxyl groups excluding tert-OH is 1. The zero-order valence-corrected chi connectivity index (χ0v) is 33.1. The highest BCUT2D eigenvalue weighted by Crippen LogP contribution is 2.16. The van der Waals surface area contributed by atoms with Gasteiger partial charge in [-0.05, 0) is 54.0 Å². The number of nitrogens with one attached hydrogen (secondary N) is 6. The van der Waals surface area contributed by atoms with E-state index in [-0.39, 0.29) is 31.4 Å². The first-order chi connectivity index (χ1) is 27.2. The minimum absolute atomic E-state index is 0.0000577. The molecule has 0 aliphatic carbocycles. The largest absolute Gasteiger partial charge is 0.497 e. The highest BCUT2D eigenvalue weighted by Gasteiger charge is 2.38. The second-order valence-electron chi connectivity index (χ2n) is 14.4. The van der Waals surface area contributed by atoms with Gasteiger partial charge in [-0.1, -0.05) is 100 Å². The summed E-state index contributed by atoms with van der Waals surface area (Å²) in [6, 6.07) is 22.0. The Hall–Kier alpha value is -6.06. The van der Waals surface area contributed by atoms with Crippen molar-refractivity contribution in [2.24, 2.45) is 11.8 Å². The van der Waals surface area contributed by atoms with E-state index in [9.17, 15) is 29.1 Å². The number of carbonyl (C=O) groups excluding carboxylic acids is 4. The highest BCUT2D eigenvalue weighted by atomic mass is 16.5. The molecular formula is C42H53N7O8. The molecule has 7 N–H and O–H groups in total. The van der Waals surface area contributed by atoms with Gasteiger partial charge in [-0.3, -0.25) is 34.8 Å². The first kappa shape index (κ1) is 43.7. The number of H-pyrrole nitrogens is 1. The third-order valence-electron chi connectivity index (χ3n) is 9.14. The van der Waals surface area contributed by atoms with Crippen molar-refractivity contribution >= 4 is 29.8 Å². The Bertz CT molecular complexity index is 1970. The molecule has 0 fully saturated rings. The lowest BCUT2D eigenvalue weighted by molar-refractivity contribution is -0.132. The number of aliphatic hydroxyl groups is 1. The molecule has 0 saturated heterocycles. The van der Waals surface area contributed by atoms with E-state index in [1.165, 1.54) is 6.07 Å². The van der Waals surface area contributed by atoms with Gasteiger partial charge in [0.2, 0.25) is 23.7 Å². The zero-order valence-electron chi connectivity index (χ0n) is 33.1. The van der Waals surface area contributed by atoms with E-state index in [1.807, 2.05) is 60.7 Å². The number of carbonyl (C=O) groups is 4. The van der Waals surface area contributed by atoms with Gasteiger partial charge in [0.15, 0.2) is 0 Å². The lowest BCUT2D eigenvalue weighted by Crippen LogP contribution is -2.63. The average Bonchev–Trinajstić information content (AvgIpc) is 3.18. The first-order valence-corrected chi connectivity index (χ1v) is 18.8. The molecule has 57 heavy (non-hydrogen) atoms. The number of rotatable bonds is 19. The fourth-order valence-corrected chi connectivity index (χ4v) is 6.01. The molecule has 0 aliphatic rings. The van der Waals surface area contributed by atoms with Crippen LogP contribution >= 0.6 is 0 Å². The van der Waals surface area contributed by atoms with Crippen LogP contribution in [0, 0.1) is 18.8 Å². The van der Waals surface area contributed by atoms with Crippen molar-refractivity contribution in [3.05, 3.63) is 124 Å². The number of hydrogen-bond acceptors (Lipinski definition) is 10. The van der Waals surface area contributed by atoms with Crippen molar-refractivity contribution in [2.45, 2.75) is 84.5 Å². The molecule has 15 heteroatoms. The van der Waals surface area contributed by atoms with Crippen LogP contribution in [0.2, 0.25) is 0 Å². The van der Waals surface area contributed by atoms with E-state index in [0.29, 0.717) is 11.4 Å². The van der Waals surface area contributed by atoms with Gasteiger partial charge in [0.25, 0.3) is 5.56 Å². The number of methoxy groups -OCH3 is 1. The van der Waals surface area contributed by atoms with Crippen molar-refractivity contribution < 1.29 is 33.8 Å².